The van der Waals surface area contributed by atoms with E-state index in [4.69, 9.17) is 5.73 Å². The first-order chi connectivity index (χ1) is 7.57. The van der Waals surface area contributed by atoms with Gasteiger partial charge in [-0.1, -0.05) is 13.8 Å². The first-order valence-corrected chi connectivity index (χ1v) is 5.36. The molecule has 3 atom stereocenters. The number of nitrogens with zero attached hydrogens (tertiary/aromatic N) is 1. The van der Waals surface area contributed by atoms with E-state index >= 15 is 0 Å². The molecule has 4 heteroatoms. The summed E-state index contributed by atoms with van der Waals surface area (Å²) in [6.45, 7) is 3.83. The van der Waals surface area contributed by atoms with Crippen LogP contribution in [0.25, 0.3) is 0 Å². The molecule has 0 fully saturated rings. The standard InChI is InChI=1S/C12H18N2O2/c1-8(2)10(7-15)11(13)12(16)9-3-5-14-6-4-9/h3-8,10-12,16H,13H2,1-2H3. The molecule has 88 valence electrons. The van der Waals surface area contributed by atoms with Crippen LogP contribution >= 0.6 is 0 Å². The molecule has 4 nitrogen and oxygen atoms in total. The Morgan fingerprint density at radius 1 is 1.38 bits per heavy atom. The topological polar surface area (TPSA) is 76.2 Å². The number of pyridine rings is 1. The molecule has 0 aliphatic rings. The Labute approximate surface area is 95.5 Å². The molecular formula is C12H18N2O2. The van der Waals surface area contributed by atoms with Crippen molar-refractivity contribution >= 4 is 6.29 Å². The molecule has 0 aliphatic heterocycles. The third-order valence-corrected chi connectivity index (χ3v) is 2.78. The molecule has 0 spiro atoms. The van der Waals surface area contributed by atoms with Crippen LogP contribution in [0, 0.1) is 11.8 Å². The molecule has 0 saturated carbocycles. The van der Waals surface area contributed by atoms with Crippen LogP contribution in [0.3, 0.4) is 0 Å². The predicted molar refractivity (Wildman–Crippen MR) is 61.6 cm³/mol. The van der Waals surface area contributed by atoms with Crippen LogP contribution in [-0.4, -0.2) is 22.4 Å². The lowest BCUT2D eigenvalue weighted by molar-refractivity contribution is -0.114. The minimum absolute atomic E-state index is 0.115. The monoisotopic (exact) mass is 222 g/mol. The largest absolute Gasteiger partial charge is 0.387 e. The normalized spacial score (nSPS) is 16.8. The smallest absolute Gasteiger partial charge is 0.124 e. The fraction of sp³-hybridized carbons (Fsp3) is 0.500. The van der Waals surface area contributed by atoms with E-state index in [1.54, 1.807) is 24.5 Å². The van der Waals surface area contributed by atoms with Crippen LogP contribution in [-0.2, 0) is 4.79 Å². The summed E-state index contributed by atoms with van der Waals surface area (Å²) in [5.41, 5.74) is 6.59. The van der Waals surface area contributed by atoms with E-state index in [-0.39, 0.29) is 11.8 Å². The second-order valence-electron chi connectivity index (χ2n) is 4.26. The number of aromatic nitrogens is 1. The number of nitrogens with two attached hydrogens (primary N) is 1. The summed E-state index contributed by atoms with van der Waals surface area (Å²) in [5.74, 6) is -0.229. The quantitative estimate of drug-likeness (QED) is 0.726. The summed E-state index contributed by atoms with van der Waals surface area (Å²) in [6.07, 6.45) is 3.17. The predicted octanol–water partition coefficient (Wildman–Crippen LogP) is 0.913. The lowest BCUT2D eigenvalue weighted by Crippen LogP contribution is -2.39. The minimum atomic E-state index is -0.833. The van der Waals surface area contributed by atoms with Crippen molar-refractivity contribution in [3.63, 3.8) is 0 Å². The Morgan fingerprint density at radius 2 is 1.94 bits per heavy atom. The molecule has 0 radical (unpaired) electrons. The zero-order valence-electron chi connectivity index (χ0n) is 9.58. The Bertz CT molecular complexity index is 327. The van der Waals surface area contributed by atoms with Crippen LogP contribution in [0.15, 0.2) is 24.5 Å². The highest BCUT2D eigenvalue weighted by molar-refractivity contribution is 5.55. The van der Waals surface area contributed by atoms with Gasteiger partial charge in [0.25, 0.3) is 0 Å². The van der Waals surface area contributed by atoms with Crippen LogP contribution in [0.1, 0.15) is 25.5 Å². The Kier molecular flexibility index (Phi) is 4.58. The number of aliphatic hydroxyl groups excluding tert-OH is 1. The summed E-state index contributed by atoms with van der Waals surface area (Å²) < 4.78 is 0. The second-order valence-corrected chi connectivity index (χ2v) is 4.26. The molecule has 3 unspecified atom stereocenters. The summed E-state index contributed by atoms with van der Waals surface area (Å²) in [4.78, 5) is 14.8. The zero-order valence-corrected chi connectivity index (χ0v) is 9.58. The molecule has 0 amide bonds. The number of carbonyl (C=O) groups excluding carboxylic acids is 1. The van der Waals surface area contributed by atoms with Crippen LogP contribution in [0.4, 0.5) is 0 Å². The third-order valence-electron chi connectivity index (χ3n) is 2.78. The molecule has 1 aromatic rings. The highest BCUT2D eigenvalue weighted by Gasteiger charge is 2.27. The van der Waals surface area contributed by atoms with Crippen molar-refractivity contribution < 1.29 is 9.90 Å². The number of carbonyl (C=O) groups is 1. The minimum Gasteiger partial charge on any atom is -0.387 e. The second kappa shape index (κ2) is 5.72. The molecule has 0 aliphatic carbocycles. The van der Waals surface area contributed by atoms with Gasteiger partial charge in [-0.15, -0.1) is 0 Å². The van der Waals surface area contributed by atoms with Gasteiger partial charge in [0.2, 0.25) is 0 Å². The Morgan fingerprint density at radius 3 is 2.38 bits per heavy atom. The molecule has 0 saturated heterocycles. The highest BCUT2D eigenvalue weighted by atomic mass is 16.3. The average Bonchev–Trinajstić information content (AvgIpc) is 2.29. The number of hydrogen-bond acceptors (Lipinski definition) is 4. The SMILES string of the molecule is CC(C)C(C=O)C(N)C(O)c1ccncc1. The van der Waals surface area contributed by atoms with Gasteiger partial charge in [0.1, 0.15) is 6.29 Å². The van der Waals surface area contributed by atoms with E-state index < -0.39 is 12.1 Å². The van der Waals surface area contributed by atoms with Crippen molar-refractivity contribution in [1.82, 2.24) is 4.98 Å². The van der Waals surface area contributed by atoms with Crippen molar-refractivity contribution in [3.8, 4) is 0 Å². The molecular weight excluding hydrogens is 204 g/mol. The van der Waals surface area contributed by atoms with Gasteiger partial charge >= 0.3 is 0 Å². The van der Waals surface area contributed by atoms with E-state index in [0.29, 0.717) is 5.56 Å². The molecule has 1 heterocycles. The summed E-state index contributed by atoms with van der Waals surface area (Å²) >= 11 is 0. The summed E-state index contributed by atoms with van der Waals surface area (Å²) in [6, 6.07) is 2.82. The van der Waals surface area contributed by atoms with E-state index in [9.17, 15) is 9.90 Å². The molecule has 1 aromatic heterocycles. The first-order valence-electron chi connectivity index (χ1n) is 5.36. The van der Waals surface area contributed by atoms with Gasteiger partial charge in [0.05, 0.1) is 6.10 Å². The van der Waals surface area contributed by atoms with Crippen LogP contribution in [0.2, 0.25) is 0 Å². The number of hydrogen-bond donors (Lipinski definition) is 2. The molecule has 16 heavy (non-hydrogen) atoms. The van der Waals surface area contributed by atoms with Gasteiger partial charge in [-0.3, -0.25) is 4.98 Å². The first kappa shape index (κ1) is 12.8. The number of aldehydes is 1. The van der Waals surface area contributed by atoms with Gasteiger partial charge in [0, 0.05) is 24.4 Å². The fourth-order valence-electron chi connectivity index (χ4n) is 1.69. The van der Waals surface area contributed by atoms with Gasteiger partial charge in [-0.25, -0.2) is 0 Å². The summed E-state index contributed by atoms with van der Waals surface area (Å²) in [7, 11) is 0. The molecule has 0 aromatic carbocycles. The van der Waals surface area contributed by atoms with E-state index in [0.717, 1.165) is 6.29 Å². The Balaban J connectivity index is 2.81. The zero-order chi connectivity index (χ0) is 12.1. The van der Waals surface area contributed by atoms with Crippen molar-refractivity contribution in [1.29, 1.82) is 0 Å². The Hall–Kier alpha value is -1.26. The van der Waals surface area contributed by atoms with Crippen molar-refractivity contribution in [3.05, 3.63) is 30.1 Å². The van der Waals surface area contributed by atoms with Gasteiger partial charge in [-0.2, -0.15) is 0 Å². The molecule has 3 N–H and O–H groups in total. The maximum absolute atomic E-state index is 10.9. The third kappa shape index (κ3) is 2.87. The average molecular weight is 222 g/mol. The van der Waals surface area contributed by atoms with E-state index in [2.05, 4.69) is 4.98 Å². The van der Waals surface area contributed by atoms with Gasteiger partial charge in [-0.05, 0) is 23.6 Å². The lowest BCUT2D eigenvalue weighted by atomic mass is 9.85. The van der Waals surface area contributed by atoms with Gasteiger partial charge in [0.15, 0.2) is 0 Å². The maximum atomic E-state index is 10.9. The van der Waals surface area contributed by atoms with E-state index in [1.807, 2.05) is 13.8 Å². The highest BCUT2D eigenvalue weighted by Crippen LogP contribution is 2.23. The van der Waals surface area contributed by atoms with Crippen molar-refractivity contribution in [2.75, 3.05) is 0 Å². The van der Waals surface area contributed by atoms with Crippen LogP contribution in [0.5, 0.6) is 0 Å². The maximum Gasteiger partial charge on any atom is 0.124 e. The number of rotatable bonds is 5. The van der Waals surface area contributed by atoms with Gasteiger partial charge < -0.3 is 15.6 Å². The summed E-state index contributed by atoms with van der Waals surface area (Å²) in [5, 5.41) is 10.0. The van der Waals surface area contributed by atoms with Crippen molar-refractivity contribution in [2.24, 2.45) is 17.6 Å². The number of aliphatic hydroxyl groups is 1. The van der Waals surface area contributed by atoms with Crippen LogP contribution < -0.4 is 5.73 Å². The fourth-order valence-corrected chi connectivity index (χ4v) is 1.69. The van der Waals surface area contributed by atoms with Crippen molar-refractivity contribution in [2.45, 2.75) is 26.0 Å². The van der Waals surface area contributed by atoms with E-state index in [1.165, 1.54) is 0 Å². The lowest BCUT2D eigenvalue weighted by Gasteiger charge is -2.26. The molecule has 1 rings (SSSR count). The molecule has 0 bridgehead atoms.